The van der Waals surface area contributed by atoms with Crippen molar-refractivity contribution in [3.05, 3.63) is 41.5 Å². The van der Waals surface area contributed by atoms with Gasteiger partial charge in [-0.2, -0.15) is 9.97 Å². The maximum atomic E-state index is 5.80. The minimum Gasteiger partial charge on any atom is -0.370 e. The van der Waals surface area contributed by atoms with Crippen LogP contribution < -0.4 is 11.1 Å². The van der Waals surface area contributed by atoms with E-state index in [1.807, 2.05) is 19.1 Å². The molecule has 3 aromatic rings. The number of hydrogen-bond donors (Lipinski definition) is 2. The fourth-order valence-corrected chi connectivity index (χ4v) is 2.69. The van der Waals surface area contributed by atoms with Crippen molar-refractivity contribution < 1.29 is 0 Å². The summed E-state index contributed by atoms with van der Waals surface area (Å²) in [5.41, 5.74) is 10.9. The van der Waals surface area contributed by atoms with Crippen molar-refractivity contribution in [2.75, 3.05) is 17.6 Å². The Morgan fingerprint density at radius 3 is 2.41 bits per heavy atom. The number of aromatic nitrogens is 3. The molecule has 22 heavy (non-hydrogen) atoms. The van der Waals surface area contributed by atoms with Crippen LogP contribution in [0.15, 0.2) is 30.3 Å². The van der Waals surface area contributed by atoms with Crippen LogP contribution in [0.2, 0.25) is 0 Å². The number of rotatable bonds is 3. The molecule has 0 radical (unpaired) electrons. The fourth-order valence-electron chi connectivity index (χ4n) is 2.69. The van der Waals surface area contributed by atoms with Crippen molar-refractivity contribution in [1.29, 1.82) is 0 Å². The molecule has 5 nitrogen and oxygen atoms in total. The predicted octanol–water partition coefficient (Wildman–Crippen LogP) is 3.32. The van der Waals surface area contributed by atoms with Crippen LogP contribution in [0.3, 0.4) is 0 Å². The van der Waals surface area contributed by atoms with Gasteiger partial charge in [-0.05, 0) is 44.0 Å². The van der Waals surface area contributed by atoms with Crippen LogP contribution in [0.5, 0.6) is 0 Å². The summed E-state index contributed by atoms with van der Waals surface area (Å²) in [6, 6.07) is 10.2. The Labute approximate surface area is 129 Å². The van der Waals surface area contributed by atoms with E-state index >= 15 is 0 Å². The van der Waals surface area contributed by atoms with Gasteiger partial charge < -0.3 is 11.1 Å². The molecule has 3 N–H and O–H groups in total. The molecular weight excluding hydrogens is 274 g/mol. The molecule has 0 amide bonds. The van der Waals surface area contributed by atoms with Crippen molar-refractivity contribution in [2.24, 2.45) is 0 Å². The molecule has 0 atom stereocenters. The van der Waals surface area contributed by atoms with E-state index in [9.17, 15) is 0 Å². The molecule has 0 spiro atoms. The van der Waals surface area contributed by atoms with Gasteiger partial charge in [-0.15, -0.1) is 0 Å². The number of anilines is 2. The Bertz CT molecular complexity index is 822. The maximum Gasteiger partial charge on any atom is 0.224 e. The van der Waals surface area contributed by atoms with Crippen molar-refractivity contribution in [3.63, 3.8) is 0 Å². The van der Waals surface area contributed by atoms with Gasteiger partial charge in [-0.1, -0.05) is 18.2 Å². The standard InChI is InChI=1S/C17H19N5/c1-4-19-15-12-8-9-13(20-16(12)22-17(18)21-15)14-10(2)6-5-7-11(14)3/h5-9H,4H2,1-3H3,(H3,18,19,20,21,22). The highest BCUT2D eigenvalue weighted by atomic mass is 15.1. The van der Waals surface area contributed by atoms with Gasteiger partial charge in [0.15, 0.2) is 5.65 Å². The normalized spacial score (nSPS) is 10.9. The number of benzene rings is 1. The highest BCUT2D eigenvalue weighted by molar-refractivity contribution is 5.89. The Kier molecular flexibility index (Phi) is 3.63. The number of nitrogens with zero attached hydrogens (tertiary/aromatic N) is 3. The molecule has 0 saturated heterocycles. The van der Waals surface area contributed by atoms with E-state index in [1.54, 1.807) is 0 Å². The van der Waals surface area contributed by atoms with Crippen molar-refractivity contribution in [3.8, 4) is 11.3 Å². The third-order valence-electron chi connectivity index (χ3n) is 3.66. The summed E-state index contributed by atoms with van der Waals surface area (Å²) < 4.78 is 0. The average Bonchev–Trinajstić information content (AvgIpc) is 2.47. The molecule has 0 saturated carbocycles. The molecule has 0 fully saturated rings. The van der Waals surface area contributed by atoms with Crippen LogP contribution in [0.25, 0.3) is 22.3 Å². The molecule has 2 aromatic heterocycles. The summed E-state index contributed by atoms with van der Waals surface area (Å²) >= 11 is 0. The minimum atomic E-state index is 0.231. The lowest BCUT2D eigenvalue weighted by Gasteiger charge is -2.11. The highest BCUT2D eigenvalue weighted by Crippen LogP contribution is 2.28. The first-order chi connectivity index (χ1) is 10.6. The van der Waals surface area contributed by atoms with Crippen LogP contribution in [0.4, 0.5) is 11.8 Å². The van der Waals surface area contributed by atoms with Gasteiger partial charge in [0, 0.05) is 12.1 Å². The number of nitrogens with two attached hydrogens (primary N) is 1. The molecule has 1 aromatic carbocycles. The number of fused-ring (bicyclic) bond motifs is 1. The number of hydrogen-bond acceptors (Lipinski definition) is 5. The topological polar surface area (TPSA) is 76.7 Å². The van der Waals surface area contributed by atoms with Crippen LogP contribution in [-0.4, -0.2) is 21.5 Å². The molecule has 5 heteroatoms. The van der Waals surface area contributed by atoms with Gasteiger partial charge in [-0.3, -0.25) is 0 Å². The SMILES string of the molecule is CCNc1nc(N)nc2nc(-c3c(C)cccc3C)ccc12. The van der Waals surface area contributed by atoms with E-state index in [-0.39, 0.29) is 5.95 Å². The molecule has 0 aliphatic rings. The molecule has 0 unspecified atom stereocenters. The van der Waals surface area contributed by atoms with Crippen LogP contribution in [0, 0.1) is 13.8 Å². The smallest absolute Gasteiger partial charge is 0.224 e. The number of nitrogen functional groups attached to an aromatic ring is 1. The zero-order valence-corrected chi connectivity index (χ0v) is 13.0. The predicted molar refractivity (Wildman–Crippen MR) is 90.8 cm³/mol. The molecular formula is C17H19N5. The average molecular weight is 293 g/mol. The quantitative estimate of drug-likeness (QED) is 0.774. The molecule has 112 valence electrons. The first-order valence-electron chi connectivity index (χ1n) is 7.35. The summed E-state index contributed by atoms with van der Waals surface area (Å²) in [6.07, 6.45) is 0. The van der Waals surface area contributed by atoms with E-state index in [4.69, 9.17) is 10.7 Å². The third-order valence-corrected chi connectivity index (χ3v) is 3.66. The van der Waals surface area contributed by atoms with Crippen molar-refractivity contribution in [1.82, 2.24) is 15.0 Å². The Morgan fingerprint density at radius 1 is 1.00 bits per heavy atom. The Hall–Kier alpha value is -2.69. The van der Waals surface area contributed by atoms with Gasteiger partial charge in [0.05, 0.1) is 11.1 Å². The molecule has 0 aliphatic heterocycles. The van der Waals surface area contributed by atoms with Crippen LogP contribution in [-0.2, 0) is 0 Å². The van der Waals surface area contributed by atoms with Crippen LogP contribution in [0.1, 0.15) is 18.1 Å². The molecule has 2 heterocycles. The van der Waals surface area contributed by atoms with Gasteiger partial charge in [0.2, 0.25) is 5.95 Å². The summed E-state index contributed by atoms with van der Waals surface area (Å²) in [4.78, 5) is 13.2. The summed E-state index contributed by atoms with van der Waals surface area (Å²) in [7, 11) is 0. The molecule has 3 rings (SSSR count). The lowest BCUT2D eigenvalue weighted by molar-refractivity contribution is 1.14. The van der Waals surface area contributed by atoms with E-state index in [1.165, 1.54) is 11.1 Å². The summed E-state index contributed by atoms with van der Waals surface area (Å²) in [5.74, 6) is 0.958. The van der Waals surface area contributed by atoms with Crippen molar-refractivity contribution >= 4 is 22.8 Å². The zero-order valence-electron chi connectivity index (χ0n) is 13.0. The lowest BCUT2D eigenvalue weighted by Crippen LogP contribution is -2.05. The van der Waals surface area contributed by atoms with E-state index < -0.39 is 0 Å². The molecule has 0 bridgehead atoms. The van der Waals surface area contributed by atoms with Gasteiger partial charge in [0.1, 0.15) is 5.82 Å². The first-order valence-corrected chi connectivity index (χ1v) is 7.35. The number of nitrogens with one attached hydrogen (secondary N) is 1. The number of aryl methyl sites for hydroxylation is 2. The fraction of sp³-hybridized carbons (Fsp3) is 0.235. The van der Waals surface area contributed by atoms with Crippen molar-refractivity contribution in [2.45, 2.75) is 20.8 Å². The second-order valence-electron chi connectivity index (χ2n) is 5.30. The zero-order chi connectivity index (χ0) is 15.7. The van der Waals surface area contributed by atoms with E-state index in [0.717, 1.165) is 29.0 Å². The maximum absolute atomic E-state index is 5.80. The van der Waals surface area contributed by atoms with Gasteiger partial charge in [-0.25, -0.2) is 4.98 Å². The molecule has 0 aliphatic carbocycles. The Morgan fingerprint density at radius 2 is 1.73 bits per heavy atom. The Balaban J connectivity index is 2.22. The van der Waals surface area contributed by atoms with E-state index in [2.05, 4.69) is 47.3 Å². The minimum absolute atomic E-state index is 0.231. The lowest BCUT2D eigenvalue weighted by atomic mass is 9.99. The third kappa shape index (κ3) is 2.45. The first kappa shape index (κ1) is 14.3. The summed E-state index contributed by atoms with van der Waals surface area (Å²) in [6.45, 7) is 6.96. The van der Waals surface area contributed by atoms with E-state index in [0.29, 0.717) is 5.65 Å². The van der Waals surface area contributed by atoms with Gasteiger partial charge >= 0.3 is 0 Å². The van der Waals surface area contributed by atoms with Gasteiger partial charge in [0.25, 0.3) is 0 Å². The summed E-state index contributed by atoms with van der Waals surface area (Å²) in [5, 5.41) is 4.08. The number of pyridine rings is 1. The monoisotopic (exact) mass is 293 g/mol. The second-order valence-corrected chi connectivity index (χ2v) is 5.30. The highest BCUT2D eigenvalue weighted by Gasteiger charge is 2.11. The second kappa shape index (κ2) is 5.60. The van der Waals surface area contributed by atoms with Crippen LogP contribution >= 0.6 is 0 Å². The largest absolute Gasteiger partial charge is 0.370 e.